The fraction of sp³-hybridized carbons (Fsp3) is 0.500. The molecule has 22 heavy (non-hydrogen) atoms. The maximum absolute atomic E-state index is 12.2. The van der Waals surface area contributed by atoms with Crippen molar-refractivity contribution in [3.8, 4) is 0 Å². The van der Waals surface area contributed by atoms with E-state index in [2.05, 4.69) is 0 Å². The van der Waals surface area contributed by atoms with E-state index >= 15 is 0 Å². The lowest BCUT2D eigenvalue weighted by molar-refractivity contribution is -0.144. The zero-order chi connectivity index (χ0) is 16.1. The fourth-order valence-electron chi connectivity index (χ4n) is 2.67. The van der Waals surface area contributed by atoms with Crippen LogP contribution in [0.25, 0.3) is 0 Å². The number of hydrogen-bond acceptors (Lipinski definition) is 4. The number of carboxylic acids is 1. The molecule has 1 fully saturated rings. The van der Waals surface area contributed by atoms with Crippen molar-refractivity contribution < 1.29 is 19.4 Å². The maximum Gasteiger partial charge on any atom is 0.410 e. The van der Waals surface area contributed by atoms with Gasteiger partial charge in [0.25, 0.3) is 0 Å². The molecule has 120 valence electrons. The molecule has 6 nitrogen and oxygen atoms in total. The van der Waals surface area contributed by atoms with Gasteiger partial charge in [-0.15, -0.1) is 0 Å². The first kappa shape index (κ1) is 16.3. The number of likely N-dealkylation sites (tertiary alicyclic amines) is 1. The second-order valence-corrected chi connectivity index (χ2v) is 5.73. The molecule has 0 aliphatic carbocycles. The van der Waals surface area contributed by atoms with Crippen LogP contribution in [0.5, 0.6) is 0 Å². The molecular weight excluding hydrogens is 284 g/mol. The number of carbonyl (C=O) groups excluding carboxylic acids is 1. The first-order valence-corrected chi connectivity index (χ1v) is 7.35. The number of ether oxygens (including phenoxy) is 1. The van der Waals surface area contributed by atoms with Gasteiger partial charge in [-0.2, -0.15) is 0 Å². The number of aliphatic carboxylic acids is 1. The average Bonchev–Trinajstić information content (AvgIpc) is 2.52. The fourth-order valence-corrected chi connectivity index (χ4v) is 2.67. The number of hydrogen-bond donors (Lipinski definition) is 1. The number of piperidine rings is 1. The minimum atomic E-state index is -0.983. The molecule has 0 spiro atoms. The Morgan fingerprint density at radius 1 is 1.32 bits per heavy atom. The van der Waals surface area contributed by atoms with E-state index in [0.717, 1.165) is 12.0 Å². The molecule has 2 rings (SSSR count). The van der Waals surface area contributed by atoms with E-state index < -0.39 is 18.1 Å². The number of carbonyl (C=O) groups is 2. The number of benzene rings is 1. The summed E-state index contributed by atoms with van der Waals surface area (Å²) in [5, 5.41) is 9.37. The largest absolute Gasteiger partial charge is 0.480 e. The molecule has 2 atom stereocenters. The highest BCUT2D eigenvalue weighted by molar-refractivity contribution is 5.80. The molecule has 1 aromatic rings. The summed E-state index contributed by atoms with van der Waals surface area (Å²) < 4.78 is 5.25. The van der Waals surface area contributed by atoms with Gasteiger partial charge in [-0.25, -0.2) is 9.59 Å². The van der Waals surface area contributed by atoms with Gasteiger partial charge >= 0.3 is 12.1 Å². The Labute approximate surface area is 130 Å². The predicted octanol–water partition coefficient (Wildman–Crippen LogP) is 1.80. The first-order valence-electron chi connectivity index (χ1n) is 7.35. The Balaban J connectivity index is 1.97. The van der Waals surface area contributed by atoms with E-state index in [-0.39, 0.29) is 12.6 Å². The molecule has 1 saturated heterocycles. The molecule has 1 aliphatic heterocycles. The summed E-state index contributed by atoms with van der Waals surface area (Å²) in [6.45, 7) is 0.549. The lowest BCUT2D eigenvalue weighted by Crippen LogP contribution is -2.54. The van der Waals surface area contributed by atoms with E-state index in [9.17, 15) is 14.7 Å². The third kappa shape index (κ3) is 3.98. The molecule has 0 radical (unpaired) electrons. The third-order valence-electron chi connectivity index (χ3n) is 4.03. The predicted molar refractivity (Wildman–Crippen MR) is 81.5 cm³/mol. The van der Waals surface area contributed by atoms with E-state index in [1.165, 1.54) is 4.90 Å². The summed E-state index contributed by atoms with van der Waals surface area (Å²) in [5.41, 5.74) is 0.880. The summed E-state index contributed by atoms with van der Waals surface area (Å²) in [7, 11) is 3.85. The Kier molecular flexibility index (Phi) is 5.38. The van der Waals surface area contributed by atoms with Gasteiger partial charge in [0.1, 0.15) is 12.6 Å². The number of rotatable bonds is 4. The summed E-state index contributed by atoms with van der Waals surface area (Å²) in [4.78, 5) is 27.0. The third-order valence-corrected chi connectivity index (χ3v) is 4.03. The average molecular weight is 306 g/mol. The number of carboxylic acid groups (broad SMARTS) is 1. The van der Waals surface area contributed by atoms with Crippen LogP contribution < -0.4 is 0 Å². The molecule has 1 heterocycles. The van der Waals surface area contributed by atoms with Gasteiger partial charge in [-0.3, -0.25) is 4.90 Å². The topological polar surface area (TPSA) is 70.1 Å². The molecule has 1 aromatic carbocycles. The van der Waals surface area contributed by atoms with E-state index in [4.69, 9.17) is 4.74 Å². The van der Waals surface area contributed by atoms with Crippen molar-refractivity contribution in [3.05, 3.63) is 35.9 Å². The first-order chi connectivity index (χ1) is 10.5. The van der Waals surface area contributed by atoms with Crippen LogP contribution in [-0.2, 0) is 16.1 Å². The second kappa shape index (κ2) is 7.26. The van der Waals surface area contributed by atoms with Crippen molar-refractivity contribution in [2.45, 2.75) is 31.5 Å². The van der Waals surface area contributed by atoms with Crippen LogP contribution >= 0.6 is 0 Å². The van der Waals surface area contributed by atoms with Gasteiger partial charge < -0.3 is 14.7 Å². The smallest absolute Gasteiger partial charge is 0.410 e. The van der Waals surface area contributed by atoms with Crippen LogP contribution in [0.15, 0.2) is 30.3 Å². The molecular formula is C16H22N2O4. The van der Waals surface area contributed by atoms with Gasteiger partial charge in [-0.05, 0) is 32.5 Å². The van der Waals surface area contributed by atoms with E-state index in [1.54, 1.807) is 0 Å². The monoisotopic (exact) mass is 306 g/mol. The Morgan fingerprint density at radius 2 is 2.00 bits per heavy atom. The highest BCUT2D eigenvalue weighted by Crippen LogP contribution is 2.22. The van der Waals surface area contributed by atoms with Crippen molar-refractivity contribution in [2.24, 2.45) is 0 Å². The summed E-state index contributed by atoms with van der Waals surface area (Å²) >= 11 is 0. The van der Waals surface area contributed by atoms with Crippen LogP contribution in [0.3, 0.4) is 0 Å². The van der Waals surface area contributed by atoms with Gasteiger partial charge in [0.15, 0.2) is 0 Å². The van der Waals surface area contributed by atoms with Crippen LogP contribution in [0.4, 0.5) is 4.79 Å². The Morgan fingerprint density at radius 3 is 2.59 bits per heavy atom. The summed E-state index contributed by atoms with van der Waals surface area (Å²) in [6.07, 6.45) is 0.605. The van der Waals surface area contributed by atoms with Crippen LogP contribution in [0.2, 0.25) is 0 Å². The van der Waals surface area contributed by atoms with Crippen molar-refractivity contribution in [1.29, 1.82) is 0 Å². The summed E-state index contributed by atoms with van der Waals surface area (Å²) in [6, 6.07) is 8.68. The number of nitrogens with zero attached hydrogens (tertiary/aromatic N) is 2. The molecule has 0 bridgehead atoms. The van der Waals surface area contributed by atoms with Gasteiger partial charge in [-0.1, -0.05) is 30.3 Å². The second-order valence-electron chi connectivity index (χ2n) is 5.73. The van der Waals surface area contributed by atoms with Crippen molar-refractivity contribution in [3.63, 3.8) is 0 Å². The van der Waals surface area contributed by atoms with E-state index in [1.807, 2.05) is 49.3 Å². The van der Waals surface area contributed by atoms with Gasteiger partial charge in [0.2, 0.25) is 0 Å². The zero-order valence-corrected chi connectivity index (χ0v) is 12.9. The van der Waals surface area contributed by atoms with Crippen molar-refractivity contribution in [1.82, 2.24) is 9.80 Å². The molecule has 0 aromatic heterocycles. The lowest BCUT2D eigenvalue weighted by Gasteiger charge is -2.38. The Bertz CT molecular complexity index is 518. The quantitative estimate of drug-likeness (QED) is 0.918. The van der Waals surface area contributed by atoms with Crippen molar-refractivity contribution in [2.75, 3.05) is 20.6 Å². The molecule has 0 saturated carbocycles. The minimum Gasteiger partial charge on any atom is -0.480 e. The summed E-state index contributed by atoms with van der Waals surface area (Å²) in [5.74, 6) is -0.983. The molecule has 6 heteroatoms. The minimum absolute atomic E-state index is 0.152. The number of amides is 1. The molecule has 1 amide bonds. The highest BCUT2D eigenvalue weighted by Gasteiger charge is 2.37. The normalized spacial score (nSPS) is 21.7. The molecule has 1 aliphatic rings. The molecule has 1 N–H and O–H groups in total. The van der Waals surface area contributed by atoms with Gasteiger partial charge in [0.05, 0.1) is 0 Å². The van der Waals surface area contributed by atoms with Crippen LogP contribution in [0, 0.1) is 0 Å². The van der Waals surface area contributed by atoms with Crippen LogP contribution in [-0.4, -0.2) is 59.7 Å². The lowest BCUT2D eigenvalue weighted by atomic mass is 9.97. The molecule has 0 unspecified atom stereocenters. The maximum atomic E-state index is 12.2. The highest BCUT2D eigenvalue weighted by atomic mass is 16.6. The Hall–Kier alpha value is -2.08. The van der Waals surface area contributed by atoms with Crippen LogP contribution in [0.1, 0.15) is 18.4 Å². The van der Waals surface area contributed by atoms with E-state index in [0.29, 0.717) is 13.0 Å². The SMILES string of the molecule is CN(C)[C@H]1CCN(C(=O)OCc2ccccc2)[C@@H](C(=O)O)C1. The van der Waals surface area contributed by atoms with Crippen molar-refractivity contribution >= 4 is 12.1 Å². The van der Waals surface area contributed by atoms with Gasteiger partial charge in [0, 0.05) is 12.6 Å². The zero-order valence-electron chi connectivity index (χ0n) is 12.9. The standard InChI is InChI=1S/C16H22N2O4/c1-17(2)13-8-9-18(14(10-13)15(19)20)16(21)22-11-12-6-4-3-5-7-12/h3-7,13-14H,8-11H2,1-2H3,(H,19,20)/t13-,14+/m0/s1.